The number of amides is 1. The number of hydrogen-bond donors (Lipinski definition) is 2. The maximum Gasteiger partial charge on any atom is 0.255 e. The van der Waals surface area contributed by atoms with Gasteiger partial charge in [0, 0.05) is 32.0 Å². The predicted octanol–water partition coefficient (Wildman–Crippen LogP) is 1.82. The van der Waals surface area contributed by atoms with Crippen LogP contribution in [0, 0.1) is 0 Å². The van der Waals surface area contributed by atoms with E-state index in [1.54, 1.807) is 25.4 Å². The largest absolute Gasteiger partial charge is 0.474 e. The molecule has 2 aromatic rings. The fraction of sp³-hybridized carbons (Fsp3) is 0.400. The number of aromatic nitrogens is 1. The monoisotopic (exact) mass is 435 g/mol. The molecule has 1 aromatic carbocycles. The second-order valence-electron chi connectivity index (χ2n) is 6.66. The Morgan fingerprint density at radius 3 is 2.73 bits per heavy atom. The molecule has 1 saturated heterocycles. The van der Waals surface area contributed by atoms with E-state index in [4.69, 9.17) is 14.2 Å². The molecule has 0 spiro atoms. The molecule has 10 heteroatoms. The number of nitrogens with zero attached hydrogens (tertiary/aromatic N) is 1. The number of rotatable bonds is 10. The Labute approximate surface area is 175 Å². The molecule has 1 aliphatic heterocycles. The van der Waals surface area contributed by atoms with Crippen molar-refractivity contribution in [1.29, 1.82) is 0 Å². The minimum Gasteiger partial charge on any atom is -0.474 e. The van der Waals surface area contributed by atoms with Gasteiger partial charge in [0.05, 0.1) is 17.6 Å². The van der Waals surface area contributed by atoms with Crippen LogP contribution in [0.2, 0.25) is 0 Å². The van der Waals surface area contributed by atoms with Gasteiger partial charge in [-0.3, -0.25) is 4.79 Å². The van der Waals surface area contributed by atoms with Crippen LogP contribution in [-0.4, -0.2) is 58.9 Å². The first kappa shape index (κ1) is 22.2. The normalized spacial score (nSPS) is 16.4. The number of benzene rings is 1. The third-order valence-corrected chi connectivity index (χ3v) is 5.94. The van der Waals surface area contributed by atoms with Crippen LogP contribution in [0.3, 0.4) is 0 Å². The highest BCUT2D eigenvalue weighted by atomic mass is 32.2. The first-order chi connectivity index (χ1) is 14.5. The van der Waals surface area contributed by atoms with Gasteiger partial charge in [0.2, 0.25) is 15.9 Å². The van der Waals surface area contributed by atoms with Gasteiger partial charge < -0.3 is 19.5 Å². The molecule has 2 N–H and O–H groups in total. The molecule has 1 unspecified atom stereocenters. The molecule has 0 bridgehead atoms. The third-order valence-electron chi connectivity index (χ3n) is 4.50. The van der Waals surface area contributed by atoms with Gasteiger partial charge in [-0.25, -0.2) is 18.1 Å². The van der Waals surface area contributed by atoms with Crippen LogP contribution < -0.4 is 14.8 Å². The highest BCUT2D eigenvalue weighted by molar-refractivity contribution is 7.89. The lowest BCUT2D eigenvalue weighted by atomic mass is 10.2. The number of carbonyl (C=O) groups is 1. The number of carbonyl (C=O) groups excluding carboxylic acids is 1. The maximum absolute atomic E-state index is 12.6. The van der Waals surface area contributed by atoms with E-state index < -0.39 is 15.9 Å². The minimum atomic E-state index is -3.67. The Balaban J connectivity index is 1.62. The summed E-state index contributed by atoms with van der Waals surface area (Å²) in [5, 5.41) is 2.73. The Morgan fingerprint density at radius 2 is 2.03 bits per heavy atom. The Kier molecular flexibility index (Phi) is 7.75. The van der Waals surface area contributed by atoms with Crippen LogP contribution in [0.25, 0.3) is 0 Å². The number of anilines is 1. The molecule has 1 amide bonds. The standard InChI is InChI=1S/C20H25N3O6S/c1-27-12-13-29-20-18(5-2-10-21-20)23-19(24)15-6-8-17(9-7-15)30(25,26)22-14-16-4-3-11-28-16/h2,5-10,16,22H,3-4,11-14H2,1H3,(H,23,24). The molecule has 1 aliphatic rings. The summed E-state index contributed by atoms with van der Waals surface area (Å²) in [6.07, 6.45) is 3.24. The van der Waals surface area contributed by atoms with Crippen LogP contribution in [-0.2, 0) is 19.5 Å². The Morgan fingerprint density at radius 1 is 1.23 bits per heavy atom. The SMILES string of the molecule is COCCOc1ncccc1NC(=O)c1ccc(S(=O)(=O)NCC2CCCO2)cc1. The molecule has 1 aromatic heterocycles. The summed E-state index contributed by atoms with van der Waals surface area (Å²) in [7, 11) is -2.11. The van der Waals surface area contributed by atoms with Crippen LogP contribution in [0.4, 0.5) is 5.69 Å². The summed E-state index contributed by atoms with van der Waals surface area (Å²) < 4.78 is 43.3. The Hall–Kier alpha value is -2.53. The summed E-state index contributed by atoms with van der Waals surface area (Å²) >= 11 is 0. The van der Waals surface area contributed by atoms with Crippen LogP contribution in [0.15, 0.2) is 47.5 Å². The zero-order valence-corrected chi connectivity index (χ0v) is 17.5. The van der Waals surface area contributed by atoms with Gasteiger partial charge in [0.1, 0.15) is 12.3 Å². The van der Waals surface area contributed by atoms with Crippen molar-refractivity contribution in [3.05, 3.63) is 48.2 Å². The minimum absolute atomic E-state index is 0.0852. The molecule has 0 radical (unpaired) electrons. The number of pyridine rings is 1. The zero-order valence-electron chi connectivity index (χ0n) is 16.7. The van der Waals surface area contributed by atoms with Crippen molar-refractivity contribution in [2.75, 3.05) is 38.8 Å². The summed E-state index contributed by atoms with van der Waals surface area (Å²) in [5.41, 5.74) is 0.716. The summed E-state index contributed by atoms with van der Waals surface area (Å²) in [4.78, 5) is 16.7. The zero-order chi connectivity index (χ0) is 21.4. The van der Waals surface area contributed by atoms with Gasteiger partial charge in [0.15, 0.2) is 0 Å². The highest BCUT2D eigenvalue weighted by Gasteiger charge is 2.20. The first-order valence-electron chi connectivity index (χ1n) is 9.59. The van der Waals surface area contributed by atoms with E-state index in [1.165, 1.54) is 24.3 Å². The lowest BCUT2D eigenvalue weighted by molar-refractivity contribution is 0.102. The van der Waals surface area contributed by atoms with E-state index in [0.29, 0.717) is 31.1 Å². The van der Waals surface area contributed by atoms with Gasteiger partial charge in [-0.05, 0) is 49.2 Å². The third kappa shape index (κ3) is 5.99. The van der Waals surface area contributed by atoms with E-state index in [9.17, 15) is 13.2 Å². The van der Waals surface area contributed by atoms with Gasteiger partial charge in [-0.2, -0.15) is 0 Å². The smallest absolute Gasteiger partial charge is 0.255 e. The molecule has 1 atom stereocenters. The summed E-state index contributed by atoms with van der Waals surface area (Å²) in [5.74, 6) is -0.128. The molecular weight excluding hydrogens is 410 g/mol. The topological polar surface area (TPSA) is 116 Å². The van der Waals surface area contributed by atoms with Crippen molar-refractivity contribution in [2.45, 2.75) is 23.8 Å². The van der Waals surface area contributed by atoms with Crippen molar-refractivity contribution in [3.8, 4) is 5.88 Å². The fourth-order valence-electron chi connectivity index (χ4n) is 2.89. The lowest BCUT2D eigenvalue weighted by Gasteiger charge is -2.12. The number of nitrogens with one attached hydrogen (secondary N) is 2. The molecule has 3 rings (SSSR count). The number of methoxy groups -OCH3 is 1. The fourth-order valence-corrected chi connectivity index (χ4v) is 3.96. The van der Waals surface area contributed by atoms with Crippen molar-refractivity contribution in [2.24, 2.45) is 0 Å². The van der Waals surface area contributed by atoms with Gasteiger partial charge >= 0.3 is 0 Å². The molecule has 0 aliphatic carbocycles. The molecule has 9 nitrogen and oxygen atoms in total. The summed E-state index contributed by atoms with van der Waals surface area (Å²) in [6, 6.07) is 9.04. The van der Waals surface area contributed by atoms with Crippen LogP contribution in [0.1, 0.15) is 23.2 Å². The van der Waals surface area contributed by atoms with Crippen LogP contribution >= 0.6 is 0 Å². The van der Waals surface area contributed by atoms with Crippen LogP contribution in [0.5, 0.6) is 5.88 Å². The van der Waals surface area contributed by atoms with Crippen molar-refractivity contribution in [3.63, 3.8) is 0 Å². The van der Waals surface area contributed by atoms with Gasteiger partial charge in [0.25, 0.3) is 5.91 Å². The van der Waals surface area contributed by atoms with E-state index >= 15 is 0 Å². The second kappa shape index (κ2) is 10.5. The molecule has 2 heterocycles. The van der Waals surface area contributed by atoms with E-state index in [0.717, 1.165) is 12.8 Å². The van der Waals surface area contributed by atoms with Crippen molar-refractivity contribution in [1.82, 2.24) is 9.71 Å². The quantitative estimate of drug-likeness (QED) is 0.547. The first-order valence-corrected chi connectivity index (χ1v) is 11.1. The van der Waals surface area contributed by atoms with Gasteiger partial charge in [-0.15, -0.1) is 0 Å². The van der Waals surface area contributed by atoms with Gasteiger partial charge in [-0.1, -0.05) is 0 Å². The molecule has 1 fully saturated rings. The summed E-state index contributed by atoms with van der Waals surface area (Å²) in [6.45, 7) is 1.58. The maximum atomic E-state index is 12.6. The van der Waals surface area contributed by atoms with E-state index in [1.807, 2.05) is 0 Å². The molecular formula is C20H25N3O6S. The lowest BCUT2D eigenvalue weighted by Crippen LogP contribution is -2.31. The van der Waals surface area contributed by atoms with Crippen molar-refractivity contribution >= 4 is 21.6 Å². The predicted molar refractivity (Wildman–Crippen MR) is 110 cm³/mol. The molecule has 0 saturated carbocycles. The number of ether oxygens (including phenoxy) is 3. The van der Waals surface area contributed by atoms with E-state index in [-0.39, 0.29) is 23.4 Å². The Bertz CT molecular complexity index is 943. The van der Waals surface area contributed by atoms with E-state index in [2.05, 4.69) is 15.0 Å². The number of sulfonamides is 1. The average Bonchev–Trinajstić information content (AvgIpc) is 3.28. The number of hydrogen-bond acceptors (Lipinski definition) is 7. The molecule has 162 valence electrons. The van der Waals surface area contributed by atoms with Crippen molar-refractivity contribution < 1.29 is 27.4 Å². The second-order valence-corrected chi connectivity index (χ2v) is 8.43. The highest BCUT2D eigenvalue weighted by Crippen LogP contribution is 2.22. The molecule has 30 heavy (non-hydrogen) atoms. The average molecular weight is 436 g/mol.